The number of nitrogens with zero attached hydrogens (tertiary/aromatic N) is 1. The van der Waals surface area contributed by atoms with Crippen LogP contribution in [0.3, 0.4) is 0 Å². The van der Waals surface area contributed by atoms with Gasteiger partial charge in [-0.1, -0.05) is 18.2 Å². The largest absolute Gasteiger partial charge is 0.493 e. The number of benzene rings is 2. The van der Waals surface area contributed by atoms with Crippen LogP contribution in [-0.2, 0) is 0 Å². The topological polar surface area (TPSA) is 74.8 Å². The first-order valence-corrected chi connectivity index (χ1v) is 7.22. The molecule has 0 fully saturated rings. The molecule has 22 heavy (non-hydrogen) atoms. The van der Waals surface area contributed by atoms with Crippen LogP contribution in [0.1, 0.15) is 17.3 Å². The standard InChI is InChI=1S/C17H19N3O2/c1-21-15-8-7-11(9-16(15)22-2)12(10-18)17-19-13-5-3-4-6-14(13)20-17/h3-9,12H,10,18H2,1-2H3,(H,19,20)/p+1/t12-/m0/s1. The van der Waals surface area contributed by atoms with E-state index in [1.807, 2.05) is 42.5 Å². The summed E-state index contributed by atoms with van der Waals surface area (Å²) in [6, 6.07) is 14.0. The fourth-order valence-electron chi connectivity index (χ4n) is 2.67. The van der Waals surface area contributed by atoms with Gasteiger partial charge in [-0.15, -0.1) is 0 Å². The first-order valence-electron chi connectivity index (χ1n) is 7.22. The molecule has 0 bridgehead atoms. The Morgan fingerprint density at radius 3 is 2.55 bits per heavy atom. The highest BCUT2D eigenvalue weighted by atomic mass is 16.5. The quantitative estimate of drug-likeness (QED) is 0.756. The van der Waals surface area contributed by atoms with Crippen LogP contribution in [0.15, 0.2) is 42.5 Å². The maximum Gasteiger partial charge on any atom is 0.161 e. The maximum absolute atomic E-state index is 5.39. The number of para-hydroxylation sites is 2. The van der Waals surface area contributed by atoms with Crippen molar-refractivity contribution in [2.24, 2.45) is 0 Å². The third-order valence-corrected chi connectivity index (χ3v) is 3.84. The van der Waals surface area contributed by atoms with Crippen LogP contribution in [0.2, 0.25) is 0 Å². The van der Waals surface area contributed by atoms with E-state index in [0.717, 1.165) is 33.9 Å². The van der Waals surface area contributed by atoms with E-state index in [1.54, 1.807) is 14.2 Å². The van der Waals surface area contributed by atoms with Crippen molar-refractivity contribution in [1.29, 1.82) is 0 Å². The number of rotatable bonds is 5. The maximum atomic E-state index is 5.39. The van der Waals surface area contributed by atoms with Crippen LogP contribution in [-0.4, -0.2) is 30.7 Å². The zero-order valence-corrected chi connectivity index (χ0v) is 12.8. The van der Waals surface area contributed by atoms with Crippen LogP contribution in [0.25, 0.3) is 11.0 Å². The third-order valence-electron chi connectivity index (χ3n) is 3.84. The molecule has 3 rings (SSSR count). The molecule has 5 nitrogen and oxygen atoms in total. The zero-order valence-electron chi connectivity index (χ0n) is 12.8. The number of ether oxygens (including phenoxy) is 2. The van der Waals surface area contributed by atoms with Gasteiger partial charge >= 0.3 is 0 Å². The highest BCUT2D eigenvalue weighted by Gasteiger charge is 2.20. The smallest absolute Gasteiger partial charge is 0.161 e. The van der Waals surface area contributed by atoms with Crippen molar-refractivity contribution in [1.82, 2.24) is 9.97 Å². The Labute approximate surface area is 129 Å². The molecule has 4 N–H and O–H groups in total. The SMILES string of the molecule is COc1ccc([C@H](C[NH3+])c2nc3ccccc3[nH]2)cc1OC. The number of hydrogen-bond donors (Lipinski definition) is 2. The lowest BCUT2D eigenvalue weighted by atomic mass is 9.98. The van der Waals surface area contributed by atoms with E-state index < -0.39 is 0 Å². The number of nitrogens with one attached hydrogen (secondary N) is 1. The minimum atomic E-state index is 0.0900. The van der Waals surface area contributed by atoms with Gasteiger partial charge in [0.15, 0.2) is 11.5 Å². The lowest BCUT2D eigenvalue weighted by molar-refractivity contribution is -0.370. The fourth-order valence-corrected chi connectivity index (χ4v) is 2.67. The van der Waals surface area contributed by atoms with E-state index >= 15 is 0 Å². The molecule has 0 unspecified atom stereocenters. The Morgan fingerprint density at radius 2 is 1.86 bits per heavy atom. The van der Waals surface area contributed by atoms with Gasteiger partial charge in [0, 0.05) is 0 Å². The normalized spacial score (nSPS) is 12.3. The highest BCUT2D eigenvalue weighted by molar-refractivity contribution is 5.75. The van der Waals surface area contributed by atoms with E-state index in [-0.39, 0.29) is 5.92 Å². The average molecular weight is 298 g/mol. The fraction of sp³-hybridized carbons (Fsp3) is 0.235. The molecule has 0 aliphatic rings. The molecule has 5 heteroatoms. The number of methoxy groups -OCH3 is 2. The second-order valence-corrected chi connectivity index (χ2v) is 5.09. The number of H-pyrrole nitrogens is 1. The number of hydrogen-bond acceptors (Lipinski definition) is 3. The van der Waals surface area contributed by atoms with E-state index in [9.17, 15) is 0 Å². The third kappa shape index (κ3) is 2.51. The molecule has 0 saturated heterocycles. The molecule has 0 saturated carbocycles. The second-order valence-electron chi connectivity index (χ2n) is 5.09. The summed E-state index contributed by atoms with van der Waals surface area (Å²) in [7, 11) is 3.28. The Morgan fingerprint density at radius 1 is 1.09 bits per heavy atom. The summed E-state index contributed by atoms with van der Waals surface area (Å²) in [5, 5.41) is 0. The van der Waals surface area contributed by atoms with Gasteiger partial charge in [0.05, 0.1) is 37.7 Å². The molecule has 1 heterocycles. The average Bonchev–Trinajstić information content (AvgIpc) is 2.98. The van der Waals surface area contributed by atoms with Crippen molar-refractivity contribution < 1.29 is 15.2 Å². The Hall–Kier alpha value is -2.53. The van der Waals surface area contributed by atoms with Crippen molar-refractivity contribution in [2.75, 3.05) is 20.8 Å². The second kappa shape index (κ2) is 6.07. The van der Waals surface area contributed by atoms with Crippen LogP contribution in [0.5, 0.6) is 11.5 Å². The molecule has 2 aromatic carbocycles. The summed E-state index contributed by atoms with van der Waals surface area (Å²) >= 11 is 0. The summed E-state index contributed by atoms with van der Waals surface area (Å²) < 4.78 is 10.7. The van der Waals surface area contributed by atoms with E-state index in [1.165, 1.54) is 0 Å². The minimum Gasteiger partial charge on any atom is -0.493 e. The number of imidazole rings is 1. The van der Waals surface area contributed by atoms with Gasteiger partial charge < -0.3 is 20.2 Å². The molecule has 114 valence electrons. The molecule has 0 aliphatic carbocycles. The van der Waals surface area contributed by atoms with Crippen molar-refractivity contribution in [3.63, 3.8) is 0 Å². The Bertz CT molecular complexity index is 749. The lowest BCUT2D eigenvalue weighted by Crippen LogP contribution is -2.53. The van der Waals surface area contributed by atoms with Gasteiger partial charge in [0.2, 0.25) is 0 Å². The molecule has 0 spiro atoms. The monoisotopic (exact) mass is 298 g/mol. The number of fused-ring (bicyclic) bond motifs is 1. The summed E-state index contributed by atoms with van der Waals surface area (Å²) in [4.78, 5) is 8.08. The van der Waals surface area contributed by atoms with Gasteiger partial charge in [-0.25, -0.2) is 4.98 Å². The van der Waals surface area contributed by atoms with Crippen LogP contribution >= 0.6 is 0 Å². The van der Waals surface area contributed by atoms with Gasteiger partial charge in [0.25, 0.3) is 0 Å². The predicted octanol–water partition coefficient (Wildman–Crippen LogP) is 1.95. The predicted molar refractivity (Wildman–Crippen MR) is 85.2 cm³/mol. The van der Waals surface area contributed by atoms with E-state index in [2.05, 4.69) is 10.7 Å². The summed E-state index contributed by atoms with van der Waals surface area (Å²) in [6.07, 6.45) is 0. The van der Waals surface area contributed by atoms with Crippen LogP contribution < -0.4 is 15.2 Å². The summed E-state index contributed by atoms with van der Waals surface area (Å²) in [5.41, 5.74) is 7.19. The molecule has 0 aliphatic heterocycles. The van der Waals surface area contributed by atoms with Crippen molar-refractivity contribution >= 4 is 11.0 Å². The zero-order chi connectivity index (χ0) is 15.5. The van der Waals surface area contributed by atoms with E-state index in [0.29, 0.717) is 6.54 Å². The summed E-state index contributed by atoms with van der Waals surface area (Å²) in [6.45, 7) is 0.704. The van der Waals surface area contributed by atoms with Crippen molar-refractivity contribution in [2.45, 2.75) is 5.92 Å². The Kier molecular flexibility index (Phi) is 3.98. The van der Waals surface area contributed by atoms with Crippen molar-refractivity contribution in [3.05, 3.63) is 53.9 Å². The first kappa shape index (κ1) is 14.4. The number of aromatic nitrogens is 2. The molecule has 3 aromatic rings. The Balaban J connectivity index is 2.03. The minimum absolute atomic E-state index is 0.0900. The van der Waals surface area contributed by atoms with Crippen molar-refractivity contribution in [3.8, 4) is 11.5 Å². The molecular weight excluding hydrogens is 278 g/mol. The van der Waals surface area contributed by atoms with E-state index in [4.69, 9.17) is 14.5 Å². The summed E-state index contributed by atoms with van der Waals surface area (Å²) in [5.74, 6) is 2.45. The molecule has 0 radical (unpaired) electrons. The van der Waals surface area contributed by atoms with Gasteiger partial charge in [-0.05, 0) is 29.8 Å². The molecular formula is C17H20N3O2+. The number of aromatic amines is 1. The van der Waals surface area contributed by atoms with Gasteiger partial charge in [-0.2, -0.15) is 0 Å². The molecule has 1 aromatic heterocycles. The van der Waals surface area contributed by atoms with Gasteiger partial charge in [0.1, 0.15) is 5.82 Å². The van der Waals surface area contributed by atoms with Crippen LogP contribution in [0.4, 0.5) is 0 Å². The molecule has 1 atom stereocenters. The van der Waals surface area contributed by atoms with Gasteiger partial charge in [-0.3, -0.25) is 0 Å². The van der Waals surface area contributed by atoms with Crippen LogP contribution in [0, 0.1) is 0 Å². The molecule has 0 amide bonds. The highest BCUT2D eigenvalue weighted by Crippen LogP contribution is 2.32. The lowest BCUT2D eigenvalue weighted by Gasteiger charge is -2.14. The number of quaternary nitrogens is 1. The first-order chi connectivity index (χ1) is 10.8.